The summed E-state index contributed by atoms with van der Waals surface area (Å²) in [6.07, 6.45) is 2.56. The van der Waals surface area contributed by atoms with Gasteiger partial charge < -0.3 is 5.32 Å². The summed E-state index contributed by atoms with van der Waals surface area (Å²) in [4.78, 5) is 30.8. The zero-order valence-electron chi connectivity index (χ0n) is 10.4. The maximum atomic E-state index is 12.3. The normalized spacial score (nSPS) is 21.3. The van der Waals surface area contributed by atoms with E-state index in [9.17, 15) is 9.59 Å². The zero-order chi connectivity index (χ0) is 12.9. The molecule has 1 aromatic heterocycles. The first-order valence-electron chi connectivity index (χ1n) is 6.09. The zero-order valence-corrected chi connectivity index (χ0v) is 11.3. The van der Waals surface area contributed by atoms with Crippen LogP contribution in [0.3, 0.4) is 0 Å². The molecule has 18 heavy (non-hydrogen) atoms. The molecule has 2 fully saturated rings. The number of nitrogens with zero attached hydrogens (tertiary/aromatic N) is 2. The minimum atomic E-state index is -0.579. The van der Waals surface area contributed by atoms with Gasteiger partial charge in [0.1, 0.15) is 5.54 Å². The van der Waals surface area contributed by atoms with Gasteiger partial charge >= 0.3 is 6.03 Å². The molecular formula is C12H15N3O2S. The lowest BCUT2D eigenvalue weighted by Gasteiger charge is -2.34. The summed E-state index contributed by atoms with van der Waals surface area (Å²) in [7, 11) is 0. The Bertz CT molecular complexity index is 533. The highest BCUT2D eigenvalue weighted by Crippen LogP contribution is 2.38. The number of aromatic nitrogens is 1. The third kappa shape index (κ3) is 1.55. The van der Waals surface area contributed by atoms with Crippen LogP contribution in [0.15, 0.2) is 0 Å². The number of imide groups is 1. The fraction of sp³-hybridized carbons (Fsp3) is 0.583. The summed E-state index contributed by atoms with van der Waals surface area (Å²) in [5.74, 6) is -0.0656. The minimum Gasteiger partial charge on any atom is -0.323 e. The fourth-order valence-corrected chi connectivity index (χ4v) is 3.48. The average molecular weight is 265 g/mol. The predicted octanol–water partition coefficient (Wildman–Crippen LogP) is 1.73. The van der Waals surface area contributed by atoms with Crippen molar-refractivity contribution in [2.75, 3.05) is 0 Å². The van der Waals surface area contributed by atoms with Crippen molar-refractivity contribution in [3.05, 3.63) is 15.6 Å². The van der Waals surface area contributed by atoms with Crippen LogP contribution in [0.25, 0.3) is 0 Å². The summed E-state index contributed by atoms with van der Waals surface area (Å²) in [6.45, 7) is 4.20. The SMILES string of the molecule is Cc1nc(C)c(CN2C(=O)NC3(CCC3)C2=O)s1. The van der Waals surface area contributed by atoms with Gasteiger partial charge in [-0.1, -0.05) is 0 Å². The average Bonchev–Trinajstić information content (AvgIpc) is 2.69. The maximum Gasteiger partial charge on any atom is 0.325 e. The van der Waals surface area contributed by atoms with Gasteiger partial charge in [0.05, 0.1) is 17.2 Å². The molecule has 5 nitrogen and oxygen atoms in total. The molecule has 2 heterocycles. The van der Waals surface area contributed by atoms with Gasteiger partial charge in [-0.25, -0.2) is 9.78 Å². The number of nitrogens with one attached hydrogen (secondary N) is 1. The van der Waals surface area contributed by atoms with Crippen molar-refractivity contribution in [3.8, 4) is 0 Å². The van der Waals surface area contributed by atoms with Gasteiger partial charge in [0.25, 0.3) is 5.91 Å². The third-order valence-electron chi connectivity index (χ3n) is 3.75. The first-order chi connectivity index (χ1) is 8.52. The number of carbonyl (C=O) groups excluding carboxylic acids is 2. The Morgan fingerprint density at radius 2 is 2.11 bits per heavy atom. The van der Waals surface area contributed by atoms with Crippen LogP contribution >= 0.6 is 11.3 Å². The van der Waals surface area contributed by atoms with Crippen LogP contribution in [0, 0.1) is 13.8 Å². The Kier molecular flexibility index (Phi) is 2.45. The molecule has 6 heteroatoms. The van der Waals surface area contributed by atoms with Crippen LogP contribution in [0.5, 0.6) is 0 Å². The van der Waals surface area contributed by atoms with Crippen LogP contribution < -0.4 is 5.32 Å². The quantitative estimate of drug-likeness (QED) is 0.828. The Morgan fingerprint density at radius 3 is 2.56 bits per heavy atom. The van der Waals surface area contributed by atoms with Gasteiger partial charge in [-0.05, 0) is 33.1 Å². The minimum absolute atomic E-state index is 0.0656. The van der Waals surface area contributed by atoms with E-state index in [4.69, 9.17) is 0 Å². The molecule has 1 saturated carbocycles. The molecule has 0 atom stereocenters. The predicted molar refractivity (Wildman–Crippen MR) is 67.3 cm³/mol. The largest absolute Gasteiger partial charge is 0.325 e. The van der Waals surface area contributed by atoms with Crippen LogP contribution in [-0.4, -0.2) is 27.4 Å². The van der Waals surface area contributed by atoms with E-state index in [1.807, 2.05) is 13.8 Å². The van der Waals surface area contributed by atoms with Crippen molar-refractivity contribution in [1.82, 2.24) is 15.2 Å². The molecule has 1 N–H and O–H groups in total. The molecule has 0 aromatic carbocycles. The number of thiazole rings is 1. The number of amides is 3. The molecule has 3 rings (SSSR count). The summed E-state index contributed by atoms with van der Waals surface area (Å²) >= 11 is 1.55. The van der Waals surface area contributed by atoms with E-state index in [1.165, 1.54) is 4.90 Å². The Morgan fingerprint density at radius 1 is 1.39 bits per heavy atom. The monoisotopic (exact) mass is 265 g/mol. The molecule has 96 valence electrons. The van der Waals surface area contributed by atoms with Gasteiger partial charge in [-0.15, -0.1) is 11.3 Å². The van der Waals surface area contributed by atoms with Crippen molar-refractivity contribution in [2.24, 2.45) is 0 Å². The third-order valence-corrected chi connectivity index (χ3v) is 4.81. The van der Waals surface area contributed by atoms with Crippen molar-refractivity contribution >= 4 is 23.3 Å². The molecule has 1 aliphatic carbocycles. The summed E-state index contributed by atoms with van der Waals surface area (Å²) in [5.41, 5.74) is 0.331. The fourth-order valence-electron chi connectivity index (χ4n) is 2.55. The van der Waals surface area contributed by atoms with Crippen molar-refractivity contribution in [3.63, 3.8) is 0 Å². The lowest BCUT2D eigenvalue weighted by Crippen LogP contribution is -2.52. The number of aryl methyl sites for hydroxylation is 2. The number of carbonyl (C=O) groups is 2. The van der Waals surface area contributed by atoms with Crippen LogP contribution in [0.4, 0.5) is 4.79 Å². The Hall–Kier alpha value is -1.43. The van der Waals surface area contributed by atoms with Crippen molar-refractivity contribution < 1.29 is 9.59 Å². The molecular weight excluding hydrogens is 250 g/mol. The Labute approximate surface area is 109 Å². The van der Waals surface area contributed by atoms with Gasteiger partial charge in [-0.3, -0.25) is 9.69 Å². The second-order valence-corrected chi connectivity index (χ2v) is 6.29. The second-order valence-electron chi connectivity index (χ2n) is 5.00. The van der Waals surface area contributed by atoms with E-state index in [1.54, 1.807) is 11.3 Å². The number of hydrogen-bond acceptors (Lipinski definition) is 4. The van der Waals surface area contributed by atoms with E-state index in [-0.39, 0.29) is 11.9 Å². The van der Waals surface area contributed by atoms with E-state index >= 15 is 0 Å². The second kappa shape index (κ2) is 3.78. The van der Waals surface area contributed by atoms with Crippen LogP contribution in [0.2, 0.25) is 0 Å². The first-order valence-corrected chi connectivity index (χ1v) is 6.90. The van der Waals surface area contributed by atoms with Crippen LogP contribution in [-0.2, 0) is 11.3 Å². The molecule has 1 aromatic rings. The van der Waals surface area contributed by atoms with Crippen LogP contribution in [0.1, 0.15) is 34.8 Å². The first kappa shape index (κ1) is 11.6. The Balaban J connectivity index is 1.83. The highest BCUT2D eigenvalue weighted by Gasteiger charge is 2.54. The molecule has 0 bridgehead atoms. The van der Waals surface area contributed by atoms with Gasteiger partial charge in [-0.2, -0.15) is 0 Å². The molecule has 1 spiro atoms. The summed E-state index contributed by atoms with van der Waals surface area (Å²) in [6, 6.07) is -0.259. The summed E-state index contributed by atoms with van der Waals surface area (Å²) < 4.78 is 0. The number of urea groups is 1. The van der Waals surface area contributed by atoms with E-state index in [2.05, 4.69) is 10.3 Å². The van der Waals surface area contributed by atoms with Gasteiger partial charge in [0.15, 0.2) is 0 Å². The highest BCUT2D eigenvalue weighted by molar-refractivity contribution is 7.11. The lowest BCUT2D eigenvalue weighted by molar-refractivity contribution is -0.134. The van der Waals surface area contributed by atoms with E-state index in [0.29, 0.717) is 6.54 Å². The molecule has 0 radical (unpaired) electrons. The highest BCUT2D eigenvalue weighted by atomic mass is 32.1. The standard InChI is InChI=1S/C12H15N3O2S/c1-7-9(18-8(2)13-7)6-15-10(16)12(4-3-5-12)14-11(15)17/h3-6H2,1-2H3,(H,14,17). The molecule has 2 aliphatic rings. The molecule has 0 unspecified atom stereocenters. The van der Waals surface area contributed by atoms with Crippen molar-refractivity contribution in [2.45, 2.75) is 45.2 Å². The van der Waals surface area contributed by atoms with Gasteiger partial charge in [0, 0.05) is 4.88 Å². The van der Waals surface area contributed by atoms with E-state index in [0.717, 1.165) is 34.8 Å². The molecule has 1 saturated heterocycles. The molecule has 1 aliphatic heterocycles. The number of hydrogen-bond donors (Lipinski definition) is 1. The summed E-state index contributed by atoms with van der Waals surface area (Å²) in [5, 5.41) is 3.80. The lowest BCUT2D eigenvalue weighted by atomic mass is 9.77. The maximum absolute atomic E-state index is 12.3. The van der Waals surface area contributed by atoms with E-state index < -0.39 is 5.54 Å². The van der Waals surface area contributed by atoms with Crippen molar-refractivity contribution in [1.29, 1.82) is 0 Å². The number of rotatable bonds is 2. The smallest absolute Gasteiger partial charge is 0.323 e. The topological polar surface area (TPSA) is 62.3 Å². The van der Waals surface area contributed by atoms with Gasteiger partial charge in [0.2, 0.25) is 0 Å². The molecule has 3 amide bonds.